The smallest absolute Gasteiger partial charge is 0.266 e. The van der Waals surface area contributed by atoms with Crippen LogP contribution in [0.3, 0.4) is 0 Å². The van der Waals surface area contributed by atoms with E-state index in [1.165, 1.54) is 12.8 Å². The molecular formula is C42H44F2N14. The highest BCUT2D eigenvalue weighted by molar-refractivity contribution is 5.69. The number of terminal acetylenes is 1. The summed E-state index contributed by atoms with van der Waals surface area (Å²) in [5, 5.41) is 17.6. The first-order valence-electron chi connectivity index (χ1n) is 19.5. The molecule has 0 aromatic carbocycles. The molecule has 2 aliphatic rings. The molecule has 8 aromatic heterocycles. The molecule has 0 spiro atoms. The third-order valence-electron chi connectivity index (χ3n) is 10.4. The van der Waals surface area contributed by atoms with Gasteiger partial charge in [-0.1, -0.05) is 13.8 Å². The van der Waals surface area contributed by atoms with Crippen LogP contribution >= 0.6 is 0 Å². The van der Waals surface area contributed by atoms with Crippen molar-refractivity contribution in [3.8, 4) is 57.6 Å². The van der Waals surface area contributed by atoms with E-state index in [1.807, 2.05) is 96.9 Å². The van der Waals surface area contributed by atoms with E-state index in [-0.39, 0.29) is 18.5 Å². The van der Waals surface area contributed by atoms with E-state index < -0.39 is 6.08 Å². The minimum Gasteiger partial charge on any atom is -0.284 e. The number of hydrogen-bond acceptors (Lipinski definition) is 8. The maximum atomic E-state index is 12.6. The molecule has 2 aliphatic carbocycles. The number of rotatable bonds is 11. The lowest BCUT2D eigenvalue weighted by Gasteiger charge is -2.14. The molecule has 2 unspecified atom stereocenters. The van der Waals surface area contributed by atoms with Gasteiger partial charge < -0.3 is 0 Å². The summed E-state index contributed by atoms with van der Waals surface area (Å²) in [6.45, 7) is 4.00. The number of allylic oxidation sites excluding steroid dienone is 1. The number of halogens is 2. The molecule has 0 N–H and O–H groups in total. The number of hydrogen-bond donors (Lipinski definition) is 0. The predicted molar refractivity (Wildman–Crippen MR) is 216 cm³/mol. The second-order valence-electron chi connectivity index (χ2n) is 14.4. The Kier molecular flexibility index (Phi) is 10.8. The van der Waals surface area contributed by atoms with Crippen molar-refractivity contribution >= 4 is 11.3 Å². The average Bonchev–Trinajstić information content (AvgIpc) is 3.71. The predicted octanol–water partition coefficient (Wildman–Crippen LogP) is 8.11. The fourth-order valence-electron chi connectivity index (χ4n) is 7.21. The number of fused-ring (bicyclic) bond motifs is 2. The van der Waals surface area contributed by atoms with Gasteiger partial charge in [0.1, 0.15) is 22.9 Å². The second-order valence-corrected chi connectivity index (χ2v) is 14.4. The number of aromatic nitrogens is 14. The Hall–Kier alpha value is -6.76. The molecule has 8 heterocycles. The SMILES string of the molecule is C#CCC(C1CC1)n1cc(-c2nc(-c3cnn(C)c3)cc3nccn23)cn1.CC.Cn1cc(-c2cc3nccn3c(-c3cnn(C(CC=C(F)F)C4CC4)c3)n2)cn1. The maximum Gasteiger partial charge on any atom is 0.266 e. The summed E-state index contributed by atoms with van der Waals surface area (Å²) in [5.74, 6) is 5.33. The van der Waals surface area contributed by atoms with Gasteiger partial charge in [-0.25, -0.2) is 19.9 Å². The summed E-state index contributed by atoms with van der Waals surface area (Å²) in [4.78, 5) is 18.6. The van der Waals surface area contributed by atoms with Crippen LogP contribution in [0.1, 0.15) is 64.5 Å². The lowest BCUT2D eigenvalue weighted by molar-refractivity contribution is 0.383. The van der Waals surface area contributed by atoms with Gasteiger partial charge in [0.15, 0.2) is 0 Å². The Bertz CT molecular complexity index is 2720. The molecule has 16 heteroatoms. The summed E-state index contributed by atoms with van der Waals surface area (Å²) in [7, 11) is 3.75. The van der Waals surface area contributed by atoms with Crippen molar-refractivity contribution in [2.24, 2.45) is 25.9 Å². The number of aryl methyl sites for hydroxylation is 2. The van der Waals surface area contributed by atoms with Crippen LogP contribution in [-0.4, -0.2) is 67.9 Å². The highest BCUT2D eigenvalue weighted by Crippen LogP contribution is 2.43. The quantitative estimate of drug-likeness (QED) is 0.120. The molecule has 296 valence electrons. The van der Waals surface area contributed by atoms with Gasteiger partial charge in [0.2, 0.25) is 0 Å². The summed E-state index contributed by atoms with van der Waals surface area (Å²) in [5.41, 5.74) is 6.83. The molecule has 0 bridgehead atoms. The highest BCUT2D eigenvalue weighted by Gasteiger charge is 2.34. The van der Waals surface area contributed by atoms with E-state index in [4.69, 9.17) is 16.4 Å². The molecule has 2 atom stereocenters. The van der Waals surface area contributed by atoms with Gasteiger partial charge in [-0.2, -0.15) is 29.2 Å². The van der Waals surface area contributed by atoms with Gasteiger partial charge in [0, 0.05) is 93.4 Å². The van der Waals surface area contributed by atoms with Gasteiger partial charge >= 0.3 is 0 Å². The van der Waals surface area contributed by atoms with Crippen LogP contribution in [-0.2, 0) is 14.1 Å². The molecule has 0 radical (unpaired) electrons. The van der Waals surface area contributed by atoms with Crippen LogP contribution in [0.5, 0.6) is 0 Å². The van der Waals surface area contributed by atoms with Crippen molar-refractivity contribution in [1.29, 1.82) is 0 Å². The van der Waals surface area contributed by atoms with Crippen LogP contribution in [0.25, 0.3) is 56.6 Å². The zero-order valence-electron chi connectivity index (χ0n) is 32.8. The largest absolute Gasteiger partial charge is 0.284 e. The minimum absolute atomic E-state index is 0.0648. The summed E-state index contributed by atoms with van der Waals surface area (Å²) < 4.78 is 36.4. The van der Waals surface area contributed by atoms with E-state index in [2.05, 4.69) is 42.5 Å². The minimum atomic E-state index is -1.64. The van der Waals surface area contributed by atoms with Crippen LogP contribution in [0, 0.1) is 24.2 Å². The second kappa shape index (κ2) is 16.4. The molecular weight excluding hydrogens is 739 g/mol. The van der Waals surface area contributed by atoms with Crippen molar-refractivity contribution in [1.82, 2.24) is 67.9 Å². The normalized spacial score (nSPS) is 14.6. The van der Waals surface area contributed by atoms with Crippen molar-refractivity contribution in [3.63, 3.8) is 0 Å². The molecule has 8 aromatic rings. The average molecular weight is 783 g/mol. The first kappa shape index (κ1) is 38.1. The van der Waals surface area contributed by atoms with Gasteiger partial charge in [-0.05, 0) is 50.0 Å². The van der Waals surface area contributed by atoms with Gasteiger partial charge in [-0.15, -0.1) is 12.3 Å². The molecule has 10 rings (SSSR count). The molecule has 2 saturated carbocycles. The highest BCUT2D eigenvalue weighted by atomic mass is 19.3. The van der Waals surface area contributed by atoms with Crippen LogP contribution in [0.4, 0.5) is 8.78 Å². The van der Waals surface area contributed by atoms with Gasteiger partial charge in [0.25, 0.3) is 6.08 Å². The van der Waals surface area contributed by atoms with E-state index >= 15 is 0 Å². The summed E-state index contributed by atoms with van der Waals surface area (Å²) in [6, 6.07) is 4.08. The molecule has 58 heavy (non-hydrogen) atoms. The van der Waals surface area contributed by atoms with E-state index in [9.17, 15) is 8.78 Å². The van der Waals surface area contributed by atoms with E-state index in [0.717, 1.165) is 69.7 Å². The van der Waals surface area contributed by atoms with Crippen LogP contribution in [0.15, 0.2) is 98.7 Å². The fourth-order valence-corrected chi connectivity index (χ4v) is 7.21. The topological polar surface area (TPSA) is 132 Å². The first-order chi connectivity index (χ1) is 28.3. The zero-order valence-corrected chi connectivity index (χ0v) is 32.8. The molecule has 14 nitrogen and oxygen atoms in total. The monoisotopic (exact) mass is 782 g/mol. The Morgan fingerprint density at radius 2 is 1.17 bits per heavy atom. The van der Waals surface area contributed by atoms with Crippen LogP contribution in [0.2, 0.25) is 0 Å². The maximum absolute atomic E-state index is 12.6. The standard InChI is InChI=1S/C20H19F2N7.C20H19N7.C2H6/c1-27-11-14(9-24-27)16-8-19-23-6-7-28(19)20(26-16)15-10-25-29(12-15)17(13-2-3-13)4-5-18(21)22;1-3-4-18(14-5-6-14)27-13-16(11-23-27)20-24-17(15-10-22-25(2)12-15)9-19-21-7-8-26(19)20;1-2/h5-13,17H,2-4H2,1H3;1,7-14,18H,4-6H2,2H3;1-2H3. The Labute approximate surface area is 333 Å². The lowest BCUT2D eigenvalue weighted by atomic mass is 10.1. The van der Waals surface area contributed by atoms with E-state index in [0.29, 0.717) is 24.1 Å². The summed E-state index contributed by atoms with van der Waals surface area (Å²) in [6.07, 6.45) is 32.7. The summed E-state index contributed by atoms with van der Waals surface area (Å²) >= 11 is 0. The van der Waals surface area contributed by atoms with Gasteiger partial charge in [-0.3, -0.25) is 27.5 Å². The van der Waals surface area contributed by atoms with Crippen molar-refractivity contribution in [2.45, 2.75) is 64.5 Å². The first-order valence-corrected chi connectivity index (χ1v) is 19.5. The molecule has 0 saturated heterocycles. The third kappa shape index (κ3) is 8.06. The Morgan fingerprint density at radius 3 is 1.60 bits per heavy atom. The Morgan fingerprint density at radius 1 is 0.707 bits per heavy atom. The fraction of sp³-hybridized carbons (Fsp3) is 0.333. The molecule has 2 fully saturated rings. The van der Waals surface area contributed by atoms with Crippen molar-refractivity contribution in [2.75, 3.05) is 0 Å². The lowest BCUT2D eigenvalue weighted by Crippen LogP contribution is -2.11. The van der Waals surface area contributed by atoms with Crippen LogP contribution < -0.4 is 0 Å². The Balaban J connectivity index is 0.000000156. The van der Waals surface area contributed by atoms with Crippen molar-refractivity contribution < 1.29 is 8.78 Å². The van der Waals surface area contributed by atoms with Gasteiger partial charge in [0.05, 0.1) is 59.4 Å². The van der Waals surface area contributed by atoms with E-state index in [1.54, 1.807) is 38.8 Å². The van der Waals surface area contributed by atoms with Crippen molar-refractivity contribution in [3.05, 3.63) is 98.7 Å². The third-order valence-corrected chi connectivity index (χ3v) is 10.4. The number of imidazole rings is 2. The number of nitrogens with zero attached hydrogens (tertiary/aromatic N) is 14. The zero-order chi connectivity index (χ0) is 40.3. The molecule has 0 amide bonds. The molecule has 0 aliphatic heterocycles.